The molecule has 0 N–H and O–H groups in total. The molecule has 86 valence electrons. The molecule has 0 radical (unpaired) electrons. The summed E-state index contributed by atoms with van der Waals surface area (Å²) in [5.41, 5.74) is 2.08. The molecule has 0 aromatic carbocycles. The number of unbranched alkanes of at least 4 members (excludes halogenated alkanes) is 1. The zero-order valence-corrected chi connectivity index (χ0v) is 9.67. The Morgan fingerprint density at radius 3 is 2.76 bits per heavy atom. The van der Waals surface area contributed by atoms with Crippen LogP contribution in [0.3, 0.4) is 0 Å². The first kappa shape index (κ1) is 11.3. The van der Waals surface area contributed by atoms with E-state index in [4.69, 9.17) is 5.26 Å². The number of aryl methyl sites for hydroxylation is 1. The Morgan fingerprint density at radius 2 is 2.12 bits per heavy atom. The minimum Gasteiger partial charge on any atom is -0.265 e. The number of hydrogen-bond acceptors (Lipinski definition) is 4. The van der Waals surface area contributed by atoms with Crippen LogP contribution < -0.4 is 0 Å². The second kappa shape index (κ2) is 5.21. The number of pyridine rings is 1. The maximum absolute atomic E-state index is 9.04. The Kier molecular flexibility index (Phi) is 3.46. The van der Waals surface area contributed by atoms with E-state index in [1.54, 1.807) is 17.1 Å². The topological polar surface area (TPSA) is 67.4 Å². The maximum atomic E-state index is 9.04. The maximum Gasteiger partial charge on any atom is 0.190 e. The second-order valence-electron chi connectivity index (χ2n) is 3.71. The quantitative estimate of drug-likeness (QED) is 0.801. The van der Waals surface area contributed by atoms with Crippen molar-refractivity contribution in [2.45, 2.75) is 26.3 Å². The molecule has 0 saturated carbocycles. The molecule has 2 rings (SSSR count). The van der Waals surface area contributed by atoms with E-state index in [2.05, 4.69) is 28.3 Å². The summed E-state index contributed by atoms with van der Waals surface area (Å²) >= 11 is 0. The van der Waals surface area contributed by atoms with Crippen LogP contribution in [0.4, 0.5) is 0 Å². The van der Waals surface area contributed by atoms with Gasteiger partial charge in [0, 0.05) is 24.5 Å². The van der Waals surface area contributed by atoms with Crippen LogP contribution in [0.15, 0.2) is 24.5 Å². The molecular weight excluding hydrogens is 214 g/mol. The van der Waals surface area contributed by atoms with Gasteiger partial charge in [-0.3, -0.25) is 4.98 Å². The number of aromatic nitrogens is 4. The van der Waals surface area contributed by atoms with Crippen LogP contribution in [0.2, 0.25) is 0 Å². The zero-order valence-electron chi connectivity index (χ0n) is 9.67. The first-order chi connectivity index (χ1) is 8.36. The highest BCUT2D eigenvalue weighted by molar-refractivity contribution is 5.64. The standard InChI is InChI=1S/C12H13N5/c1-2-3-8-17-12(11(9-13)15-16-17)10-4-6-14-7-5-10/h4-7H,2-3,8H2,1H3. The summed E-state index contributed by atoms with van der Waals surface area (Å²) in [6.07, 6.45) is 5.51. The summed E-state index contributed by atoms with van der Waals surface area (Å²) in [7, 11) is 0. The molecule has 0 bridgehead atoms. The highest BCUT2D eigenvalue weighted by Gasteiger charge is 2.13. The summed E-state index contributed by atoms with van der Waals surface area (Å²) in [5.74, 6) is 0. The monoisotopic (exact) mass is 227 g/mol. The number of rotatable bonds is 4. The van der Waals surface area contributed by atoms with Gasteiger partial charge in [-0.25, -0.2) is 4.68 Å². The third-order valence-corrected chi connectivity index (χ3v) is 2.52. The fourth-order valence-corrected chi connectivity index (χ4v) is 1.65. The molecule has 0 spiro atoms. The third-order valence-electron chi connectivity index (χ3n) is 2.52. The van der Waals surface area contributed by atoms with E-state index in [1.807, 2.05) is 12.1 Å². The first-order valence-electron chi connectivity index (χ1n) is 5.60. The molecule has 0 saturated heterocycles. The third kappa shape index (κ3) is 2.31. The van der Waals surface area contributed by atoms with Crippen molar-refractivity contribution in [1.29, 1.82) is 5.26 Å². The van der Waals surface area contributed by atoms with Gasteiger partial charge in [0.25, 0.3) is 0 Å². The molecule has 0 amide bonds. The van der Waals surface area contributed by atoms with Crippen LogP contribution in [-0.4, -0.2) is 20.0 Å². The molecule has 0 unspecified atom stereocenters. The van der Waals surface area contributed by atoms with E-state index in [9.17, 15) is 0 Å². The first-order valence-corrected chi connectivity index (χ1v) is 5.60. The van der Waals surface area contributed by atoms with Crippen LogP contribution in [0, 0.1) is 11.3 Å². The lowest BCUT2D eigenvalue weighted by molar-refractivity contribution is 0.557. The normalized spacial score (nSPS) is 10.1. The van der Waals surface area contributed by atoms with Crippen molar-refractivity contribution >= 4 is 0 Å². The highest BCUT2D eigenvalue weighted by atomic mass is 15.4. The van der Waals surface area contributed by atoms with E-state index in [0.717, 1.165) is 30.6 Å². The van der Waals surface area contributed by atoms with Crippen LogP contribution in [0.5, 0.6) is 0 Å². The Hall–Kier alpha value is -2.22. The van der Waals surface area contributed by atoms with Gasteiger partial charge in [0.1, 0.15) is 11.8 Å². The van der Waals surface area contributed by atoms with Crippen molar-refractivity contribution in [3.63, 3.8) is 0 Å². The lowest BCUT2D eigenvalue weighted by atomic mass is 10.1. The van der Waals surface area contributed by atoms with Gasteiger partial charge in [0.15, 0.2) is 5.69 Å². The minimum atomic E-state index is 0.368. The van der Waals surface area contributed by atoms with Gasteiger partial charge in [-0.2, -0.15) is 5.26 Å². The van der Waals surface area contributed by atoms with Crippen molar-refractivity contribution in [2.75, 3.05) is 0 Å². The molecule has 2 aromatic rings. The molecule has 0 aliphatic heterocycles. The summed E-state index contributed by atoms with van der Waals surface area (Å²) in [5, 5.41) is 17.0. The Morgan fingerprint density at radius 1 is 1.35 bits per heavy atom. The van der Waals surface area contributed by atoms with E-state index < -0.39 is 0 Å². The largest absolute Gasteiger partial charge is 0.265 e. The van der Waals surface area contributed by atoms with Crippen LogP contribution in [-0.2, 0) is 6.54 Å². The smallest absolute Gasteiger partial charge is 0.190 e. The van der Waals surface area contributed by atoms with Crippen molar-refractivity contribution in [3.8, 4) is 17.3 Å². The Bertz CT molecular complexity index is 524. The summed E-state index contributed by atoms with van der Waals surface area (Å²) in [6, 6.07) is 5.80. The van der Waals surface area contributed by atoms with Gasteiger partial charge in [0.2, 0.25) is 0 Å². The van der Waals surface area contributed by atoms with Gasteiger partial charge < -0.3 is 0 Å². The van der Waals surface area contributed by atoms with E-state index in [0.29, 0.717) is 5.69 Å². The Labute approximate surface area is 99.7 Å². The molecule has 5 nitrogen and oxygen atoms in total. The van der Waals surface area contributed by atoms with Crippen molar-refractivity contribution in [2.24, 2.45) is 0 Å². The highest BCUT2D eigenvalue weighted by Crippen LogP contribution is 2.21. The fraction of sp³-hybridized carbons (Fsp3) is 0.333. The van der Waals surface area contributed by atoms with Crippen molar-refractivity contribution in [3.05, 3.63) is 30.2 Å². The number of hydrogen-bond donors (Lipinski definition) is 0. The molecule has 0 aliphatic rings. The van der Waals surface area contributed by atoms with Crippen LogP contribution >= 0.6 is 0 Å². The predicted molar refractivity (Wildman–Crippen MR) is 62.9 cm³/mol. The van der Waals surface area contributed by atoms with Gasteiger partial charge in [-0.15, -0.1) is 5.10 Å². The molecular formula is C12H13N5. The van der Waals surface area contributed by atoms with Crippen molar-refractivity contribution in [1.82, 2.24) is 20.0 Å². The number of nitriles is 1. The summed E-state index contributed by atoms with van der Waals surface area (Å²) < 4.78 is 1.79. The molecule has 0 atom stereocenters. The predicted octanol–water partition coefficient (Wildman–Crippen LogP) is 2.01. The zero-order chi connectivity index (χ0) is 12.1. The minimum absolute atomic E-state index is 0.368. The fourth-order valence-electron chi connectivity index (χ4n) is 1.65. The molecule has 0 aliphatic carbocycles. The second-order valence-corrected chi connectivity index (χ2v) is 3.71. The lowest BCUT2D eigenvalue weighted by Crippen LogP contribution is -2.02. The van der Waals surface area contributed by atoms with Gasteiger partial charge in [-0.05, 0) is 18.6 Å². The SMILES string of the molecule is CCCCn1nnc(C#N)c1-c1ccncc1. The average Bonchev–Trinajstić information content (AvgIpc) is 2.80. The summed E-state index contributed by atoms with van der Waals surface area (Å²) in [6.45, 7) is 2.90. The number of nitrogens with zero attached hydrogens (tertiary/aromatic N) is 5. The molecule has 2 aromatic heterocycles. The molecule has 0 fully saturated rings. The van der Waals surface area contributed by atoms with Crippen molar-refractivity contribution < 1.29 is 0 Å². The van der Waals surface area contributed by atoms with Crippen LogP contribution in [0.1, 0.15) is 25.5 Å². The van der Waals surface area contributed by atoms with Crippen LogP contribution in [0.25, 0.3) is 11.3 Å². The van der Waals surface area contributed by atoms with E-state index in [-0.39, 0.29) is 0 Å². The van der Waals surface area contributed by atoms with Gasteiger partial charge >= 0.3 is 0 Å². The molecule has 17 heavy (non-hydrogen) atoms. The van der Waals surface area contributed by atoms with E-state index in [1.165, 1.54) is 0 Å². The molecule has 5 heteroatoms. The lowest BCUT2D eigenvalue weighted by Gasteiger charge is -2.05. The van der Waals surface area contributed by atoms with Gasteiger partial charge in [-0.1, -0.05) is 18.6 Å². The Balaban J connectivity index is 2.43. The summed E-state index contributed by atoms with van der Waals surface area (Å²) in [4.78, 5) is 3.97. The molecule has 2 heterocycles. The van der Waals surface area contributed by atoms with Gasteiger partial charge in [0.05, 0.1) is 0 Å². The average molecular weight is 227 g/mol. The van der Waals surface area contributed by atoms with E-state index >= 15 is 0 Å².